The van der Waals surface area contributed by atoms with E-state index in [1.54, 1.807) is 0 Å². The molecule has 2 atom stereocenters. The fourth-order valence-corrected chi connectivity index (χ4v) is 4.42. The molecule has 2 unspecified atom stereocenters. The maximum atomic E-state index is 2.61. The molecule has 1 nitrogen and oxygen atoms in total. The van der Waals surface area contributed by atoms with Crippen molar-refractivity contribution in [2.75, 3.05) is 19.6 Å². The first-order valence-corrected chi connectivity index (χ1v) is 10.9. The summed E-state index contributed by atoms with van der Waals surface area (Å²) in [6.45, 7) is 14.2. The molecule has 0 amide bonds. The van der Waals surface area contributed by atoms with Crippen molar-refractivity contribution < 1.29 is 0 Å². The van der Waals surface area contributed by atoms with Gasteiger partial charge in [0.25, 0.3) is 0 Å². The Morgan fingerprint density at radius 3 is 1.87 bits per heavy atom. The monoisotopic (exact) mass is 321 g/mol. The van der Waals surface area contributed by atoms with Gasteiger partial charge < -0.3 is 4.90 Å². The van der Waals surface area contributed by atoms with E-state index in [1.807, 2.05) is 0 Å². The Morgan fingerprint density at radius 2 is 1.30 bits per heavy atom. The van der Waals surface area contributed by atoms with Crippen molar-refractivity contribution in [1.82, 2.24) is 4.90 Å². The lowest BCUT2D eigenvalue weighted by molar-refractivity contribution is 0.259. The molecule has 23 heavy (non-hydrogen) atoms. The molecule has 0 aliphatic heterocycles. The van der Waals surface area contributed by atoms with Crippen molar-refractivity contribution >= 4 is 6.71 Å². The van der Waals surface area contributed by atoms with E-state index < -0.39 is 0 Å². The van der Waals surface area contributed by atoms with E-state index in [2.05, 4.69) is 32.5 Å². The van der Waals surface area contributed by atoms with E-state index in [-0.39, 0.29) is 0 Å². The van der Waals surface area contributed by atoms with Crippen LogP contribution in [0.4, 0.5) is 0 Å². The van der Waals surface area contributed by atoms with Crippen LogP contribution < -0.4 is 0 Å². The average Bonchev–Trinajstić information content (AvgIpc) is 2.57. The van der Waals surface area contributed by atoms with Crippen LogP contribution in [0.3, 0.4) is 0 Å². The third-order valence-corrected chi connectivity index (χ3v) is 6.57. The molecule has 0 aromatic heterocycles. The van der Waals surface area contributed by atoms with Crippen LogP contribution in [0.1, 0.15) is 91.4 Å². The summed E-state index contributed by atoms with van der Waals surface area (Å²) in [5.74, 6) is 2.01. The second kappa shape index (κ2) is 13.3. The Labute approximate surface area is 148 Å². The second-order valence-electron chi connectivity index (χ2n) is 8.10. The lowest BCUT2D eigenvalue weighted by Crippen LogP contribution is -2.25. The van der Waals surface area contributed by atoms with Crippen molar-refractivity contribution in [3.05, 3.63) is 0 Å². The van der Waals surface area contributed by atoms with Gasteiger partial charge in [-0.15, -0.1) is 0 Å². The minimum absolute atomic E-state index is 0.941. The number of hydrogen-bond donors (Lipinski definition) is 0. The molecule has 1 aliphatic carbocycles. The number of hydrogen-bond acceptors (Lipinski definition) is 1. The zero-order valence-electron chi connectivity index (χ0n) is 16.8. The first-order valence-electron chi connectivity index (χ1n) is 10.9. The summed E-state index contributed by atoms with van der Waals surface area (Å²) >= 11 is 0. The molecular weight excluding hydrogens is 277 g/mol. The topological polar surface area (TPSA) is 3.24 Å². The van der Waals surface area contributed by atoms with Crippen molar-refractivity contribution in [2.45, 2.75) is 110 Å². The van der Waals surface area contributed by atoms with Crippen LogP contribution >= 0.6 is 0 Å². The summed E-state index contributed by atoms with van der Waals surface area (Å²) in [5, 5.41) is 0. The van der Waals surface area contributed by atoms with Crippen LogP contribution in [0.25, 0.3) is 0 Å². The number of nitrogens with zero attached hydrogens (tertiary/aromatic N) is 1. The Morgan fingerprint density at radius 1 is 0.783 bits per heavy atom. The highest BCUT2D eigenvalue weighted by molar-refractivity contribution is 6.58. The van der Waals surface area contributed by atoms with Crippen molar-refractivity contribution in [1.29, 1.82) is 0 Å². The van der Waals surface area contributed by atoms with Gasteiger partial charge >= 0.3 is 0 Å². The Balaban J connectivity index is 2.40. The van der Waals surface area contributed by atoms with Crippen LogP contribution in [-0.2, 0) is 0 Å². The lowest BCUT2D eigenvalue weighted by atomic mass is 9.39. The van der Waals surface area contributed by atoms with Gasteiger partial charge in [-0.1, -0.05) is 104 Å². The molecule has 0 spiro atoms. The SMILES string of the molecule is CCB(C)C1CCCCCCC(CCN(CC)CC)CCCC1. The van der Waals surface area contributed by atoms with Gasteiger partial charge in [0.15, 0.2) is 0 Å². The average molecular weight is 321 g/mol. The first kappa shape index (κ1) is 21.1. The van der Waals surface area contributed by atoms with E-state index >= 15 is 0 Å². The van der Waals surface area contributed by atoms with E-state index in [0.29, 0.717) is 0 Å². The van der Waals surface area contributed by atoms with E-state index in [1.165, 1.54) is 96.6 Å². The molecule has 1 fully saturated rings. The molecule has 0 bridgehead atoms. The zero-order valence-corrected chi connectivity index (χ0v) is 16.8. The standard InChI is InChI=1S/C21H44BN/c1-5-22(4)21-16-11-9-8-10-14-20(15-12-13-17-21)18-19-23(6-2)7-3/h20-21H,5-19H2,1-4H3. The summed E-state index contributed by atoms with van der Waals surface area (Å²) in [6.07, 6.45) is 17.7. The normalized spacial score (nSPS) is 24.9. The van der Waals surface area contributed by atoms with Gasteiger partial charge in [-0.3, -0.25) is 0 Å². The fraction of sp³-hybridized carbons (Fsp3) is 1.00. The van der Waals surface area contributed by atoms with Crippen molar-refractivity contribution in [3.63, 3.8) is 0 Å². The highest BCUT2D eigenvalue weighted by atomic mass is 15.1. The maximum Gasteiger partial charge on any atom is 0.139 e. The van der Waals surface area contributed by atoms with Gasteiger partial charge in [0.05, 0.1) is 0 Å². The Hall–Kier alpha value is 0.0249. The fourth-order valence-electron chi connectivity index (χ4n) is 4.42. The maximum absolute atomic E-state index is 2.61. The zero-order chi connectivity index (χ0) is 16.9. The number of rotatable bonds is 7. The van der Waals surface area contributed by atoms with Crippen LogP contribution in [0.5, 0.6) is 0 Å². The van der Waals surface area contributed by atoms with Gasteiger partial charge in [0, 0.05) is 0 Å². The summed E-state index contributed by atoms with van der Waals surface area (Å²) < 4.78 is 0. The quantitative estimate of drug-likeness (QED) is 0.468. The first-order chi connectivity index (χ1) is 11.2. The van der Waals surface area contributed by atoms with E-state index in [9.17, 15) is 0 Å². The molecule has 2 heteroatoms. The molecular formula is C21H44BN. The molecule has 0 saturated heterocycles. The molecule has 1 saturated carbocycles. The second-order valence-corrected chi connectivity index (χ2v) is 8.10. The third-order valence-electron chi connectivity index (χ3n) is 6.57. The van der Waals surface area contributed by atoms with Crippen LogP contribution in [-0.4, -0.2) is 31.2 Å². The highest BCUT2D eigenvalue weighted by Crippen LogP contribution is 2.30. The highest BCUT2D eigenvalue weighted by Gasteiger charge is 2.19. The minimum atomic E-state index is 0.941. The van der Waals surface area contributed by atoms with E-state index in [4.69, 9.17) is 0 Å². The summed E-state index contributed by atoms with van der Waals surface area (Å²) in [4.78, 5) is 2.61. The molecule has 0 radical (unpaired) electrons. The summed E-state index contributed by atoms with van der Waals surface area (Å²) in [7, 11) is 0. The van der Waals surface area contributed by atoms with Gasteiger partial charge in [0.2, 0.25) is 0 Å². The van der Waals surface area contributed by atoms with Crippen molar-refractivity contribution in [3.8, 4) is 0 Å². The third kappa shape index (κ3) is 9.18. The Kier molecular flexibility index (Phi) is 12.2. The smallest absolute Gasteiger partial charge is 0.139 e. The molecule has 0 N–H and O–H groups in total. The molecule has 136 valence electrons. The summed E-state index contributed by atoms with van der Waals surface area (Å²) in [5.41, 5.74) is 0. The van der Waals surface area contributed by atoms with Crippen LogP contribution in [0, 0.1) is 5.92 Å². The van der Waals surface area contributed by atoms with Gasteiger partial charge in [-0.25, -0.2) is 0 Å². The minimum Gasteiger partial charge on any atom is -0.304 e. The molecule has 1 rings (SSSR count). The molecule has 0 heterocycles. The van der Waals surface area contributed by atoms with Crippen LogP contribution in [0.15, 0.2) is 0 Å². The molecule has 1 aliphatic rings. The van der Waals surface area contributed by atoms with Gasteiger partial charge in [-0.05, 0) is 32.0 Å². The van der Waals surface area contributed by atoms with Gasteiger partial charge in [0.1, 0.15) is 6.71 Å². The molecule has 0 aromatic carbocycles. The summed E-state index contributed by atoms with van der Waals surface area (Å²) in [6, 6.07) is 0. The van der Waals surface area contributed by atoms with Crippen LogP contribution in [0.2, 0.25) is 19.0 Å². The van der Waals surface area contributed by atoms with E-state index in [0.717, 1.165) is 18.4 Å². The van der Waals surface area contributed by atoms with Crippen molar-refractivity contribution in [2.24, 2.45) is 5.92 Å². The lowest BCUT2D eigenvalue weighted by Gasteiger charge is -2.25. The Bertz CT molecular complexity index is 265. The predicted molar refractivity (Wildman–Crippen MR) is 108 cm³/mol. The predicted octanol–water partition coefficient (Wildman–Crippen LogP) is 6.76. The molecule has 0 aromatic rings. The largest absolute Gasteiger partial charge is 0.304 e. The van der Waals surface area contributed by atoms with Gasteiger partial charge in [-0.2, -0.15) is 0 Å².